The largest absolute Gasteiger partial charge is 0.490 e. The second kappa shape index (κ2) is 11.1. The Morgan fingerprint density at radius 3 is 2.50 bits per heavy atom. The van der Waals surface area contributed by atoms with E-state index in [0.717, 1.165) is 27.4 Å². The van der Waals surface area contributed by atoms with E-state index in [4.69, 9.17) is 14.2 Å². The Hall–Kier alpha value is -4.11. The molecule has 0 spiro atoms. The standard InChI is InChI=1S/C27H23NO7S/c1-3-33-22-14-17(15-23-25(30)28(27(32)36-23)16-24(29)34-4-2)12-13-21(22)35-26(31)20-11-7-9-18-8-5-6-10-19(18)20/h5-15H,3-4,16H2,1-2H3/b23-15-. The van der Waals surface area contributed by atoms with Gasteiger partial charge in [0.2, 0.25) is 0 Å². The molecule has 4 rings (SSSR count). The molecule has 3 aromatic carbocycles. The number of esters is 2. The quantitative estimate of drug-likeness (QED) is 0.238. The van der Waals surface area contributed by atoms with Gasteiger partial charge >= 0.3 is 11.9 Å². The number of carbonyl (C=O) groups is 4. The summed E-state index contributed by atoms with van der Waals surface area (Å²) in [6, 6.07) is 17.8. The summed E-state index contributed by atoms with van der Waals surface area (Å²) in [5, 5.41) is 1.15. The van der Waals surface area contributed by atoms with Gasteiger partial charge in [-0.3, -0.25) is 19.3 Å². The molecule has 2 amide bonds. The Labute approximate surface area is 211 Å². The number of benzene rings is 3. The van der Waals surface area contributed by atoms with E-state index < -0.39 is 29.6 Å². The van der Waals surface area contributed by atoms with E-state index >= 15 is 0 Å². The van der Waals surface area contributed by atoms with Crippen LogP contribution in [0.3, 0.4) is 0 Å². The topological polar surface area (TPSA) is 99.2 Å². The van der Waals surface area contributed by atoms with Crippen molar-refractivity contribution >= 4 is 51.7 Å². The van der Waals surface area contributed by atoms with Crippen LogP contribution in [0.1, 0.15) is 29.8 Å². The maximum absolute atomic E-state index is 13.0. The first-order valence-electron chi connectivity index (χ1n) is 11.3. The van der Waals surface area contributed by atoms with Crippen molar-refractivity contribution in [3.8, 4) is 11.5 Å². The number of imide groups is 1. The van der Waals surface area contributed by atoms with Gasteiger partial charge in [-0.2, -0.15) is 0 Å². The van der Waals surface area contributed by atoms with Gasteiger partial charge in [-0.25, -0.2) is 4.79 Å². The van der Waals surface area contributed by atoms with Gasteiger partial charge in [0.05, 0.1) is 23.7 Å². The summed E-state index contributed by atoms with van der Waals surface area (Å²) < 4.78 is 16.2. The molecular weight excluding hydrogens is 482 g/mol. The van der Waals surface area contributed by atoms with Crippen molar-refractivity contribution < 1.29 is 33.4 Å². The highest BCUT2D eigenvalue weighted by molar-refractivity contribution is 8.18. The minimum absolute atomic E-state index is 0.155. The highest BCUT2D eigenvalue weighted by Crippen LogP contribution is 2.35. The summed E-state index contributed by atoms with van der Waals surface area (Å²) in [5.41, 5.74) is 0.986. The molecule has 0 aromatic heterocycles. The molecule has 1 fully saturated rings. The van der Waals surface area contributed by atoms with Crippen molar-refractivity contribution in [3.05, 3.63) is 76.7 Å². The number of carbonyl (C=O) groups excluding carboxylic acids is 4. The van der Waals surface area contributed by atoms with Crippen molar-refractivity contribution in [2.24, 2.45) is 0 Å². The Balaban J connectivity index is 1.57. The Morgan fingerprint density at radius 1 is 0.944 bits per heavy atom. The maximum atomic E-state index is 13.0. The number of hydrogen-bond acceptors (Lipinski definition) is 8. The first kappa shape index (κ1) is 25.0. The molecule has 0 saturated carbocycles. The second-order valence-corrected chi connectivity index (χ2v) is 8.62. The van der Waals surface area contributed by atoms with E-state index in [1.807, 2.05) is 30.3 Å². The van der Waals surface area contributed by atoms with Crippen molar-refractivity contribution in [1.29, 1.82) is 0 Å². The molecule has 9 heteroatoms. The van der Waals surface area contributed by atoms with Gasteiger partial charge in [-0.1, -0.05) is 42.5 Å². The number of thioether (sulfide) groups is 1. The van der Waals surface area contributed by atoms with Crippen LogP contribution < -0.4 is 9.47 Å². The van der Waals surface area contributed by atoms with Crippen LogP contribution >= 0.6 is 11.8 Å². The molecule has 1 aliphatic heterocycles. The van der Waals surface area contributed by atoms with Crippen LogP contribution in [0, 0.1) is 0 Å². The number of nitrogens with zero attached hydrogens (tertiary/aromatic N) is 1. The lowest BCUT2D eigenvalue weighted by Gasteiger charge is -2.13. The van der Waals surface area contributed by atoms with E-state index in [1.54, 1.807) is 44.2 Å². The summed E-state index contributed by atoms with van der Waals surface area (Å²) in [7, 11) is 0. The third kappa shape index (κ3) is 5.41. The average molecular weight is 506 g/mol. The van der Waals surface area contributed by atoms with Crippen molar-refractivity contribution in [2.75, 3.05) is 19.8 Å². The first-order chi connectivity index (χ1) is 17.4. The summed E-state index contributed by atoms with van der Waals surface area (Å²) >= 11 is 0.734. The predicted octanol–water partition coefficient (Wildman–Crippen LogP) is 5.06. The number of fused-ring (bicyclic) bond motifs is 1. The minimum Gasteiger partial charge on any atom is -0.490 e. The number of amides is 2. The third-order valence-corrected chi connectivity index (χ3v) is 6.15. The van der Waals surface area contributed by atoms with Crippen LogP contribution in [-0.2, 0) is 14.3 Å². The summed E-state index contributed by atoms with van der Waals surface area (Å²) in [6.07, 6.45) is 1.52. The molecule has 1 saturated heterocycles. The van der Waals surface area contributed by atoms with Gasteiger partial charge in [-0.05, 0) is 66.2 Å². The second-order valence-electron chi connectivity index (χ2n) is 7.63. The fourth-order valence-electron chi connectivity index (χ4n) is 3.65. The fraction of sp³-hybridized carbons (Fsp3) is 0.185. The van der Waals surface area contributed by atoms with Crippen molar-refractivity contribution in [3.63, 3.8) is 0 Å². The van der Waals surface area contributed by atoms with Crippen LogP contribution in [0.2, 0.25) is 0 Å². The predicted molar refractivity (Wildman–Crippen MR) is 136 cm³/mol. The molecule has 184 valence electrons. The van der Waals surface area contributed by atoms with Gasteiger partial charge in [-0.15, -0.1) is 0 Å². The van der Waals surface area contributed by atoms with Crippen LogP contribution in [0.25, 0.3) is 16.8 Å². The van der Waals surface area contributed by atoms with E-state index in [1.165, 1.54) is 6.08 Å². The average Bonchev–Trinajstić information content (AvgIpc) is 3.12. The van der Waals surface area contributed by atoms with Crippen LogP contribution in [0.15, 0.2) is 65.6 Å². The SMILES string of the molecule is CCOC(=O)CN1C(=O)S/C(=C\c2ccc(OC(=O)c3cccc4ccccc34)c(OCC)c2)C1=O. The lowest BCUT2D eigenvalue weighted by Crippen LogP contribution is -2.34. The lowest BCUT2D eigenvalue weighted by molar-refractivity contribution is -0.145. The zero-order valence-electron chi connectivity index (χ0n) is 19.7. The molecule has 0 N–H and O–H groups in total. The van der Waals surface area contributed by atoms with E-state index in [9.17, 15) is 19.2 Å². The van der Waals surface area contributed by atoms with E-state index in [0.29, 0.717) is 23.5 Å². The minimum atomic E-state index is -0.656. The van der Waals surface area contributed by atoms with Crippen LogP contribution in [-0.4, -0.2) is 47.7 Å². The molecule has 3 aromatic rings. The fourth-order valence-corrected chi connectivity index (χ4v) is 4.49. The molecule has 36 heavy (non-hydrogen) atoms. The molecule has 1 heterocycles. The summed E-state index contributed by atoms with van der Waals surface area (Å²) in [6.45, 7) is 3.47. The van der Waals surface area contributed by atoms with Gasteiger partial charge in [0.1, 0.15) is 6.54 Å². The van der Waals surface area contributed by atoms with Gasteiger partial charge in [0.15, 0.2) is 11.5 Å². The molecule has 0 atom stereocenters. The highest BCUT2D eigenvalue weighted by atomic mass is 32.2. The molecule has 0 unspecified atom stereocenters. The zero-order chi connectivity index (χ0) is 25.7. The molecule has 0 aliphatic carbocycles. The Kier molecular flexibility index (Phi) is 7.70. The normalized spacial score (nSPS) is 14.4. The molecular formula is C27H23NO7S. The highest BCUT2D eigenvalue weighted by Gasteiger charge is 2.36. The smallest absolute Gasteiger partial charge is 0.344 e. The monoisotopic (exact) mass is 505 g/mol. The third-order valence-electron chi connectivity index (χ3n) is 5.24. The maximum Gasteiger partial charge on any atom is 0.344 e. The lowest BCUT2D eigenvalue weighted by atomic mass is 10.0. The van der Waals surface area contributed by atoms with Crippen LogP contribution in [0.4, 0.5) is 4.79 Å². The van der Waals surface area contributed by atoms with E-state index in [-0.39, 0.29) is 17.3 Å². The molecule has 0 bridgehead atoms. The molecule has 8 nitrogen and oxygen atoms in total. The number of hydrogen-bond donors (Lipinski definition) is 0. The molecule has 0 radical (unpaired) electrons. The van der Waals surface area contributed by atoms with Gasteiger partial charge in [0, 0.05) is 0 Å². The zero-order valence-corrected chi connectivity index (χ0v) is 20.5. The number of rotatable bonds is 8. The van der Waals surface area contributed by atoms with Crippen molar-refractivity contribution in [1.82, 2.24) is 4.90 Å². The summed E-state index contributed by atoms with van der Waals surface area (Å²) in [4.78, 5) is 50.6. The Morgan fingerprint density at radius 2 is 1.72 bits per heavy atom. The van der Waals surface area contributed by atoms with E-state index in [2.05, 4.69) is 0 Å². The first-order valence-corrected chi connectivity index (χ1v) is 12.1. The van der Waals surface area contributed by atoms with Crippen LogP contribution in [0.5, 0.6) is 11.5 Å². The van der Waals surface area contributed by atoms with Gasteiger partial charge < -0.3 is 14.2 Å². The van der Waals surface area contributed by atoms with Gasteiger partial charge in [0.25, 0.3) is 11.1 Å². The number of ether oxygens (including phenoxy) is 3. The Bertz CT molecular complexity index is 1380. The molecule has 1 aliphatic rings. The summed E-state index contributed by atoms with van der Waals surface area (Å²) in [5.74, 6) is -1.23. The van der Waals surface area contributed by atoms with Crippen molar-refractivity contribution in [2.45, 2.75) is 13.8 Å².